The number of rotatable bonds is 5. The van der Waals surface area contributed by atoms with Crippen LogP contribution in [0.25, 0.3) is 0 Å². The summed E-state index contributed by atoms with van der Waals surface area (Å²) in [6.07, 6.45) is 2.69. The molecule has 0 aromatic heterocycles. The summed E-state index contributed by atoms with van der Waals surface area (Å²) in [7, 11) is 0. The second-order valence-corrected chi connectivity index (χ2v) is 11.4. The van der Waals surface area contributed by atoms with Gasteiger partial charge in [0.1, 0.15) is 11.3 Å². The fraction of sp³-hybridized carbons (Fsp3) is 0.720. The Bertz CT molecular complexity index is 878. The minimum Gasteiger partial charge on any atom is -0.510 e. The van der Waals surface area contributed by atoms with Crippen LogP contribution in [0, 0.1) is 34.0 Å². The lowest BCUT2D eigenvalue weighted by atomic mass is 9.62. The van der Waals surface area contributed by atoms with Gasteiger partial charge in [-0.1, -0.05) is 39.3 Å². The second-order valence-electron chi connectivity index (χ2n) is 11.4. The van der Waals surface area contributed by atoms with Gasteiger partial charge in [-0.05, 0) is 64.2 Å². The molecule has 3 aliphatic carbocycles. The normalized spacial score (nSPS) is 35.1. The van der Waals surface area contributed by atoms with Crippen LogP contribution in [-0.4, -0.2) is 33.2 Å². The zero-order valence-corrected chi connectivity index (χ0v) is 19.5. The van der Waals surface area contributed by atoms with Gasteiger partial charge in [-0.2, -0.15) is 0 Å². The first-order valence-corrected chi connectivity index (χ1v) is 11.0. The predicted octanol–water partition coefficient (Wildman–Crippen LogP) is 4.34. The molecule has 2 bridgehead atoms. The van der Waals surface area contributed by atoms with Crippen LogP contribution in [0.15, 0.2) is 23.0 Å². The summed E-state index contributed by atoms with van der Waals surface area (Å²) in [5.74, 6) is -2.57. The van der Waals surface area contributed by atoms with E-state index in [2.05, 4.69) is 0 Å². The van der Waals surface area contributed by atoms with Gasteiger partial charge < -0.3 is 10.2 Å². The number of carbonyl (C=O) groups excluding carboxylic acids is 3. The van der Waals surface area contributed by atoms with E-state index in [1.165, 1.54) is 0 Å². The van der Waals surface area contributed by atoms with Crippen LogP contribution in [0.1, 0.15) is 74.7 Å². The summed E-state index contributed by atoms with van der Waals surface area (Å²) in [5.41, 5.74) is -3.32. The van der Waals surface area contributed by atoms with Gasteiger partial charge in [0, 0.05) is 5.92 Å². The summed E-state index contributed by atoms with van der Waals surface area (Å²) < 4.78 is 0. The number of aliphatic hydroxyl groups excluding tert-OH is 1. The lowest BCUT2D eigenvalue weighted by Gasteiger charge is -2.40. The van der Waals surface area contributed by atoms with Gasteiger partial charge in [-0.15, -0.1) is 0 Å². The van der Waals surface area contributed by atoms with Crippen LogP contribution in [0.3, 0.4) is 0 Å². The topological polar surface area (TPSA) is 91.7 Å². The number of Topliss-reactive ketones (excluding diaryl/α,β-unsaturated/α-hetero) is 3. The quantitative estimate of drug-likeness (QED) is 0.395. The van der Waals surface area contributed by atoms with E-state index in [-0.39, 0.29) is 41.8 Å². The summed E-state index contributed by atoms with van der Waals surface area (Å²) in [6, 6.07) is 0. The Morgan fingerprint density at radius 3 is 2.23 bits per heavy atom. The molecule has 30 heavy (non-hydrogen) atoms. The van der Waals surface area contributed by atoms with Gasteiger partial charge in [-0.3, -0.25) is 14.4 Å². The maximum absolute atomic E-state index is 14.0. The third-order valence-electron chi connectivity index (χ3n) is 8.11. The van der Waals surface area contributed by atoms with Gasteiger partial charge >= 0.3 is 0 Å². The third kappa shape index (κ3) is 2.73. The molecule has 0 heterocycles. The van der Waals surface area contributed by atoms with E-state index in [0.29, 0.717) is 6.42 Å². The predicted molar refractivity (Wildman–Crippen MR) is 115 cm³/mol. The van der Waals surface area contributed by atoms with Crippen LogP contribution < -0.4 is 0 Å². The number of fused-ring (bicyclic) bond motifs is 1. The molecule has 4 atom stereocenters. The Morgan fingerprint density at radius 1 is 1.20 bits per heavy atom. The fourth-order valence-electron chi connectivity index (χ4n) is 6.62. The van der Waals surface area contributed by atoms with Crippen molar-refractivity contribution < 1.29 is 24.6 Å². The Morgan fingerprint density at radius 2 is 1.77 bits per heavy atom. The number of aliphatic hydroxyl groups is 2. The number of allylic oxidation sites excluding steroid dienone is 4. The van der Waals surface area contributed by atoms with Gasteiger partial charge in [0.05, 0.1) is 16.4 Å². The van der Waals surface area contributed by atoms with E-state index in [1.54, 1.807) is 27.7 Å². The van der Waals surface area contributed by atoms with Gasteiger partial charge in [0.15, 0.2) is 17.3 Å². The molecule has 2 saturated carbocycles. The minimum absolute atomic E-state index is 0.179. The van der Waals surface area contributed by atoms with Crippen molar-refractivity contribution in [3.05, 3.63) is 23.0 Å². The van der Waals surface area contributed by atoms with Crippen LogP contribution in [0.4, 0.5) is 0 Å². The Balaban J connectivity index is 2.32. The van der Waals surface area contributed by atoms with Crippen molar-refractivity contribution in [3.63, 3.8) is 0 Å². The molecule has 1 unspecified atom stereocenters. The SMILES string of the molecule is CC(C)=CCC12C[C@@H]3C(C)(C)[C@@H](C(C)(C)O)C[C@@]3(C1=O)C(O)=C(C(=O)C(C)C)C2=O. The molecule has 0 aliphatic heterocycles. The van der Waals surface area contributed by atoms with Crippen molar-refractivity contribution in [2.75, 3.05) is 0 Å². The molecule has 0 aromatic carbocycles. The summed E-state index contributed by atoms with van der Waals surface area (Å²) in [6.45, 7) is 14.7. The van der Waals surface area contributed by atoms with Gasteiger partial charge in [0.2, 0.25) is 0 Å². The Labute approximate surface area is 179 Å². The van der Waals surface area contributed by atoms with Crippen LogP contribution in [0.5, 0.6) is 0 Å². The average molecular weight is 417 g/mol. The van der Waals surface area contributed by atoms with E-state index in [1.807, 2.05) is 33.8 Å². The highest BCUT2D eigenvalue weighted by Gasteiger charge is 2.78. The number of ketones is 3. The zero-order valence-electron chi connectivity index (χ0n) is 19.5. The van der Waals surface area contributed by atoms with Crippen LogP contribution in [0.2, 0.25) is 0 Å². The second kappa shape index (κ2) is 6.62. The minimum atomic E-state index is -1.31. The first-order chi connectivity index (χ1) is 13.5. The monoisotopic (exact) mass is 416 g/mol. The largest absolute Gasteiger partial charge is 0.510 e. The van der Waals surface area contributed by atoms with Crippen LogP contribution in [-0.2, 0) is 14.4 Å². The van der Waals surface area contributed by atoms with Gasteiger partial charge in [-0.25, -0.2) is 0 Å². The Kier molecular flexibility index (Phi) is 5.06. The molecular formula is C25H36O5. The summed E-state index contributed by atoms with van der Waals surface area (Å²) >= 11 is 0. The average Bonchev–Trinajstić information content (AvgIpc) is 2.97. The van der Waals surface area contributed by atoms with Crippen molar-refractivity contribution >= 4 is 17.3 Å². The molecule has 3 rings (SSSR count). The molecule has 2 fully saturated rings. The molecule has 5 nitrogen and oxygen atoms in total. The fourth-order valence-corrected chi connectivity index (χ4v) is 6.62. The summed E-state index contributed by atoms with van der Waals surface area (Å²) in [5, 5.41) is 22.3. The third-order valence-corrected chi connectivity index (χ3v) is 8.11. The van der Waals surface area contributed by atoms with Gasteiger partial charge in [0.25, 0.3) is 0 Å². The number of hydrogen-bond acceptors (Lipinski definition) is 5. The molecule has 2 N–H and O–H groups in total. The molecule has 1 spiro atoms. The smallest absolute Gasteiger partial charge is 0.183 e. The standard InChI is InChI=1S/C25H36O5/c1-13(2)9-10-24-11-16-22(5,6)15(23(7,8)30)12-25(16,21(24)29)20(28)17(19(24)27)18(26)14(3)4/h9,14-16,28,30H,10-12H2,1-8H3/t15-,16+,24?,25-/m0/s1. The highest BCUT2D eigenvalue weighted by molar-refractivity contribution is 6.32. The zero-order chi connectivity index (χ0) is 23.0. The molecule has 0 amide bonds. The molecule has 166 valence electrons. The molecule has 0 saturated heterocycles. The number of carbonyl (C=O) groups is 3. The first-order valence-electron chi connectivity index (χ1n) is 11.0. The van der Waals surface area contributed by atoms with Crippen molar-refractivity contribution in [3.8, 4) is 0 Å². The van der Waals surface area contributed by atoms with E-state index >= 15 is 0 Å². The van der Waals surface area contributed by atoms with E-state index < -0.39 is 39.3 Å². The lowest BCUT2D eigenvalue weighted by molar-refractivity contribution is -0.144. The van der Waals surface area contributed by atoms with Crippen molar-refractivity contribution in [2.24, 2.45) is 34.0 Å². The molecule has 0 aromatic rings. The van der Waals surface area contributed by atoms with E-state index in [0.717, 1.165) is 5.57 Å². The Hall–Kier alpha value is -1.75. The van der Waals surface area contributed by atoms with Crippen molar-refractivity contribution in [1.82, 2.24) is 0 Å². The molecule has 3 aliphatic rings. The highest BCUT2D eigenvalue weighted by Crippen LogP contribution is 2.73. The first kappa shape index (κ1) is 22.9. The molecular weight excluding hydrogens is 380 g/mol. The van der Waals surface area contributed by atoms with E-state index in [4.69, 9.17) is 0 Å². The lowest BCUT2D eigenvalue weighted by Crippen LogP contribution is -2.50. The molecule has 5 heteroatoms. The summed E-state index contributed by atoms with van der Waals surface area (Å²) in [4.78, 5) is 40.7. The van der Waals surface area contributed by atoms with Crippen molar-refractivity contribution in [2.45, 2.75) is 80.3 Å². The van der Waals surface area contributed by atoms with Crippen LogP contribution >= 0.6 is 0 Å². The maximum atomic E-state index is 14.0. The van der Waals surface area contributed by atoms with Crippen molar-refractivity contribution in [1.29, 1.82) is 0 Å². The highest BCUT2D eigenvalue weighted by atomic mass is 16.3. The maximum Gasteiger partial charge on any atom is 0.183 e. The number of hydrogen-bond donors (Lipinski definition) is 2. The molecule has 0 radical (unpaired) electrons. The van der Waals surface area contributed by atoms with E-state index in [9.17, 15) is 24.6 Å².